The highest BCUT2D eigenvalue weighted by molar-refractivity contribution is 8.01. The van der Waals surface area contributed by atoms with Gasteiger partial charge in [0.2, 0.25) is 0 Å². The smallest absolute Gasteiger partial charge is 0.0986 e. The summed E-state index contributed by atoms with van der Waals surface area (Å²) in [6.07, 6.45) is 7.22. The van der Waals surface area contributed by atoms with Crippen molar-refractivity contribution in [2.24, 2.45) is 22.7 Å². The number of rotatable bonds is 6. The molecule has 26 heavy (non-hydrogen) atoms. The molecule has 3 unspecified atom stereocenters. The summed E-state index contributed by atoms with van der Waals surface area (Å²) >= 11 is 2.13. The van der Waals surface area contributed by atoms with Gasteiger partial charge in [0.1, 0.15) is 0 Å². The van der Waals surface area contributed by atoms with Crippen LogP contribution in [0.4, 0.5) is 0 Å². The molecule has 2 aliphatic heterocycles. The Kier molecular flexibility index (Phi) is 5.70. The van der Waals surface area contributed by atoms with Gasteiger partial charge < -0.3 is 10.3 Å². The van der Waals surface area contributed by atoms with Crippen molar-refractivity contribution in [1.82, 2.24) is 10.3 Å². The highest BCUT2D eigenvalue weighted by Crippen LogP contribution is 2.39. The number of hydrogen-bond acceptors (Lipinski definition) is 3. The van der Waals surface area contributed by atoms with E-state index in [0.29, 0.717) is 22.5 Å². The summed E-state index contributed by atoms with van der Waals surface area (Å²) in [5.74, 6) is 2.12. The molecule has 0 spiro atoms. The van der Waals surface area contributed by atoms with E-state index >= 15 is 0 Å². The maximum absolute atomic E-state index is 5.00. The zero-order valence-electron chi connectivity index (χ0n) is 15.9. The molecule has 0 amide bonds. The Hall–Kier alpha value is -1.26. The zero-order chi connectivity index (χ0) is 17.9. The van der Waals surface area contributed by atoms with Gasteiger partial charge in [-0.25, -0.2) is 0 Å². The summed E-state index contributed by atoms with van der Waals surface area (Å²) < 4.78 is 0. The van der Waals surface area contributed by atoms with Crippen LogP contribution in [0.15, 0.2) is 35.3 Å². The second kappa shape index (κ2) is 8.18. The molecule has 1 fully saturated rings. The van der Waals surface area contributed by atoms with E-state index in [4.69, 9.17) is 4.99 Å². The predicted molar refractivity (Wildman–Crippen MR) is 114 cm³/mol. The number of aromatic amines is 1. The number of para-hydroxylation sites is 1. The molecular weight excluding hydrogens is 338 g/mol. The normalized spacial score (nSPS) is 25.3. The minimum Gasteiger partial charge on any atom is -0.358 e. The quantitative estimate of drug-likeness (QED) is 0.761. The highest BCUT2D eigenvalue weighted by Gasteiger charge is 2.33. The van der Waals surface area contributed by atoms with E-state index in [1.165, 1.54) is 48.9 Å². The Balaban J connectivity index is 1.45. The molecule has 3 atom stereocenters. The maximum atomic E-state index is 5.00. The van der Waals surface area contributed by atoms with Crippen LogP contribution < -0.4 is 5.32 Å². The number of piperidine rings is 1. The summed E-state index contributed by atoms with van der Waals surface area (Å²) in [7, 11) is 0. The van der Waals surface area contributed by atoms with Crippen molar-refractivity contribution in [3.05, 3.63) is 36.0 Å². The number of aliphatic imine (C=N–C) groups is 1. The van der Waals surface area contributed by atoms with Gasteiger partial charge in [0.25, 0.3) is 0 Å². The molecular formula is C22H31N3S. The predicted octanol–water partition coefficient (Wildman–Crippen LogP) is 4.88. The second-order valence-electron chi connectivity index (χ2n) is 8.35. The fourth-order valence-electron chi connectivity index (χ4n) is 4.47. The Bertz CT molecular complexity index is 712. The van der Waals surface area contributed by atoms with E-state index in [0.717, 1.165) is 12.3 Å². The number of H-pyrrole nitrogens is 1. The summed E-state index contributed by atoms with van der Waals surface area (Å²) in [6.45, 7) is 7.02. The number of nitrogens with zero attached hydrogens (tertiary/aromatic N) is 1. The van der Waals surface area contributed by atoms with Crippen LogP contribution in [-0.2, 0) is 6.42 Å². The zero-order valence-corrected chi connectivity index (χ0v) is 16.8. The highest BCUT2D eigenvalue weighted by atomic mass is 32.2. The number of fused-ring (bicyclic) bond motifs is 1. The summed E-state index contributed by atoms with van der Waals surface area (Å²) in [4.78, 5) is 8.63. The minimum absolute atomic E-state index is 0.420. The Labute approximate surface area is 161 Å². The average Bonchev–Trinajstić information content (AvgIpc) is 3.28. The van der Waals surface area contributed by atoms with E-state index < -0.39 is 0 Å². The summed E-state index contributed by atoms with van der Waals surface area (Å²) in [6, 6.07) is 10.9. The van der Waals surface area contributed by atoms with Gasteiger partial charge >= 0.3 is 0 Å². The molecule has 140 valence electrons. The van der Waals surface area contributed by atoms with Crippen molar-refractivity contribution < 1.29 is 0 Å². The summed E-state index contributed by atoms with van der Waals surface area (Å²) in [5.41, 5.74) is 2.61. The van der Waals surface area contributed by atoms with Crippen LogP contribution in [0.2, 0.25) is 0 Å². The SMILES string of the molecule is CC(C)CC(Cc1cc2ccccc2[nH]1)C1N=CC(C2CCNCC2)S1. The first-order valence-corrected chi connectivity index (χ1v) is 11.1. The number of nitrogens with one attached hydrogen (secondary N) is 2. The fourth-order valence-corrected chi connectivity index (χ4v) is 6.00. The van der Waals surface area contributed by atoms with Crippen molar-refractivity contribution >= 4 is 28.9 Å². The topological polar surface area (TPSA) is 40.2 Å². The molecule has 2 aromatic rings. The monoisotopic (exact) mass is 369 g/mol. The van der Waals surface area contributed by atoms with Gasteiger partial charge in [0.05, 0.1) is 5.37 Å². The molecule has 4 heteroatoms. The van der Waals surface area contributed by atoms with Crippen LogP contribution in [0, 0.1) is 17.8 Å². The lowest BCUT2D eigenvalue weighted by molar-refractivity contribution is 0.390. The number of benzene rings is 1. The molecule has 1 aromatic carbocycles. The Morgan fingerprint density at radius 2 is 2.00 bits per heavy atom. The van der Waals surface area contributed by atoms with E-state index in [2.05, 4.69) is 72.5 Å². The lowest BCUT2D eigenvalue weighted by Gasteiger charge is -2.28. The van der Waals surface area contributed by atoms with E-state index in [1.807, 2.05) is 0 Å². The molecule has 1 saturated heterocycles. The first-order chi connectivity index (χ1) is 12.7. The molecule has 1 aromatic heterocycles. The lowest BCUT2D eigenvalue weighted by Crippen LogP contribution is -2.33. The van der Waals surface area contributed by atoms with Crippen molar-refractivity contribution in [2.45, 2.75) is 50.2 Å². The molecule has 0 saturated carbocycles. The second-order valence-corrected chi connectivity index (χ2v) is 9.65. The minimum atomic E-state index is 0.420. The average molecular weight is 370 g/mol. The lowest BCUT2D eigenvalue weighted by atomic mass is 9.92. The van der Waals surface area contributed by atoms with Gasteiger partial charge in [-0.1, -0.05) is 32.0 Å². The maximum Gasteiger partial charge on any atom is 0.0986 e. The molecule has 0 radical (unpaired) electrons. The Morgan fingerprint density at radius 1 is 1.19 bits per heavy atom. The number of thioether (sulfide) groups is 1. The van der Waals surface area contributed by atoms with Crippen LogP contribution >= 0.6 is 11.8 Å². The van der Waals surface area contributed by atoms with Crippen LogP contribution in [0.1, 0.15) is 38.8 Å². The molecule has 2 N–H and O–H groups in total. The first kappa shape index (κ1) is 18.1. The van der Waals surface area contributed by atoms with Crippen LogP contribution in [0.25, 0.3) is 10.9 Å². The molecule has 2 aliphatic rings. The van der Waals surface area contributed by atoms with Gasteiger partial charge in [-0.05, 0) is 74.0 Å². The standard InChI is InChI=1S/C22H31N3S/c1-15(2)11-18(13-19-12-17-5-3-4-6-20(17)25-19)22-24-14-21(26-22)16-7-9-23-10-8-16/h3-6,12,14-16,18,21-23,25H,7-11,13H2,1-2H3. The van der Waals surface area contributed by atoms with E-state index in [9.17, 15) is 0 Å². The van der Waals surface area contributed by atoms with Crippen molar-refractivity contribution in [2.75, 3.05) is 13.1 Å². The van der Waals surface area contributed by atoms with E-state index in [-0.39, 0.29) is 0 Å². The third-order valence-corrected chi connectivity index (χ3v) is 7.38. The molecule has 0 bridgehead atoms. The van der Waals surface area contributed by atoms with Crippen molar-refractivity contribution in [1.29, 1.82) is 0 Å². The van der Waals surface area contributed by atoms with Gasteiger partial charge in [0, 0.05) is 22.7 Å². The van der Waals surface area contributed by atoms with Gasteiger partial charge in [0.15, 0.2) is 0 Å². The van der Waals surface area contributed by atoms with Gasteiger partial charge in [-0.15, -0.1) is 11.8 Å². The van der Waals surface area contributed by atoms with Crippen LogP contribution in [-0.4, -0.2) is 34.9 Å². The van der Waals surface area contributed by atoms with Crippen LogP contribution in [0.5, 0.6) is 0 Å². The molecule has 0 aliphatic carbocycles. The van der Waals surface area contributed by atoms with Gasteiger partial charge in [-0.3, -0.25) is 4.99 Å². The first-order valence-electron chi connectivity index (χ1n) is 10.1. The largest absolute Gasteiger partial charge is 0.358 e. The Morgan fingerprint density at radius 3 is 2.77 bits per heavy atom. The third kappa shape index (κ3) is 4.17. The molecule has 4 rings (SSSR count). The van der Waals surface area contributed by atoms with Gasteiger partial charge in [-0.2, -0.15) is 0 Å². The van der Waals surface area contributed by atoms with Crippen molar-refractivity contribution in [3.63, 3.8) is 0 Å². The molecule has 3 heterocycles. The third-order valence-electron chi connectivity index (χ3n) is 5.77. The summed E-state index contributed by atoms with van der Waals surface area (Å²) in [5, 5.41) is 5.85. The number of hydrogen-bond donors (Lipinski definition) is 2. The van der Waals surface area contributed by atoms with Crippen LogP contribution in [0.3, 0.4) is 0 Å². The van der Waals surface area contributed by atoms with Crippen molar-refractivity contribution in [3.8, 4) is 0 Å². The molecule has 3 nitrogen and oxygen atoms in total. The number of aromatic nitrogens is 1. The van der Waals surface area contributed by atoms with E-state index in [1.54, 1.807) is 0 Å². The fraction of sp³-hybridized carbons (Fsp3) is 0.591.